The van der Waals surface area contributed by atoms with E-state index in [4.69, 9.17) is 5.84 Å². The third-order valence-electron chi connectivity index (χ3n) is 3.06. The van der Waals surface area contributed by atoms with Gasteiger partial charge in [-0.25, -0.2) is 15.8 Å². The Hall–Kier alpha value is -2.73. The second-order valence-corrected chi connectivity index (χ2v) is 4.39. The number of nitrogens with two attached hydrogens (primary N) is 1. The first kappa shape index (κ1) is 12.3. The van der Waals surface area contributed by atoms with Gasteiger partial charge in [-0.2, -0.15) is 0 Å². The number of benzene rings is 1. The van der Waals surface area contributed by atoms with Crippen molar-refractivity contribution in [2.45, 2.75) is 6.54 Å². The van der Waals surface area contributed by atoms with Gasteiger partial charge in [-0.15, -0.1) is 0 Å². The summed E-state index contributed by atoms with van der Waals surface area (Å²) in [6.07, 6.45) is 3.20. The lowest BCUT2D eigenvalue weighted by molar-refractivity contribution is 0.747. The van der Waals surface area contributed by atoms with Crippen LogP contribution in [-0.2, 0) is 6.54 Å². The van der Waals surface area contributed by atoms with Crippen molar-refractivity contribution in [3.63, 3.8) is 0 Å². The van der Waals surface area contributed by atoms with Gasteiger partial charge in [0.1, 0.15) is 5.82 Å². The molecule has 0 aliphatic heterocycles. The average Bonchev–Trinajstić information content (AvgIpc) is 2.50. The quantitative estimate of drug-likeness (QED) is 0.548. The van der Waals surface area contributed by atoms with Gasteiger partial charge in [0.05, 0.1) is 23.8 Å². The van der Waals surface area contributed by atoms with Gasteiger partial charge < -0.3 is 5.43 Å². The van der Waals surface area contributed by atoms with Crippen LogP contribution in [0.2, 0.25) is 0 Å². The molecule has 0 saturated carbocycles. The van der Waals surface area contributed by atoms with E-state index in [2.05, 4.69) is 15.4 Å². The molecule has 3 rings (SSSR count). The number of nitrogens with one attached hydrogen (secondary N) is 1. The van der Waals surface area contributed by atoms with E-state index in [1.54, 1.807) is 29.2 Å². The van der Waals surface area contributed by atoms with E-state index < -0.39 is 0 Å². The van der Waals surface area contributed by atoms with E-state index in [0.29, 0.717) is 23.3 Å². The topological polar surface area (TPSA) is 85.8 Å². The van der Waals surface area contributed by atoms with Gasteiger partial charge in [0.15, 0.2) is 0 Å². The lowest BCUT2D eigenvalue weighted by atomic mass is 10.2. The largest absolute Gasteiger partial charge is 0.308 e. The number of hydrogen-bond acceptors (Lipinski definition) is 5. The highest BCUT2D eigenvalue weighted by Gasteiger charge is 2.04. The monoisotopic (exact) mass is 267 g/mol. The summed E-state index contributed by atoms with van der Waals surface area (Å²) in [6, 6.07) is 10.9. The Bertz CT molecular complexity index is 812. The average molecular weight is 267 g/mol. The van der Waals surface area contributed by atoms with E-state index in [9.17, 15) is 4.79 Å². The number of para-hydroxylation sites is 1. The molecule has 0 aliphatic carbocycles. The number of anilines is 1. The zero-order valence-electron chi connectivity index (χ0n) is 10.7. The summed E-state index contributed by atoms with van der Waals surface area (Å²) in [5.74, 6) is 5.88. The molecule has 0 aliphatic rings. The molecule has 2 aromatic heterocycles. The summed E-state index contributed by atoms with van der Waals surface area (Å²) in [7, 11) is 0. The van der Waals surface area contributed by atoms with Crippen LogP contribution in [0, 0.1) is 0 Å². The lowest BCUT2D eigenvalue weighted by Gasteiger charge is -2.07. The van der Waals surface area contributed by atoms with Gasteiger partial charge in [-0.05, 0) is 29.8 Å². The normalized spacial score (nSPS) is 10.7. The number of hydrazine groups is 1. The van der Waals surface area contributed by atoms with Gasteiger partial charge in [-0.3, -0.25) is 9.36 Å². The zero-order chi connectivity index (χ0) is 13.9. The Labute approximate surface area is 114 Å². The fourth-order valence-corrected chi connectivity index (χ4v) is 2.07. The molecule has 0 fully saturated rings. The number of aromatic nitrogens is 3. The predicted octanol–water partition coefficient (Wildman–Crippen LogP) is 1.13. The van der Waals surface area contributed by atoms with Crippen molar-refractivity contribution in [2.24, 2.45) is 5.84 Å². The van der Waals surface area contributed by atoms with Crippen molar-refractivity contribution in [2.75, 3.05) is 5.43 Å². The van der Waals surface area contributed by atoms with Crippen LogP contribution in [0.5, 0.6) is 0 Å². The molecule has 0 unspecified atom stereocenters. The van der Waals surface area contributed by atoms with Crippen molar-refractivity contribution >= 4 is 16.7 Å². The highest BCUT2D eigenvalue weighted by Crippen LogP contribution is 2.08. The van der Waals surface area contributed by atoms with Gasteiger partial charge in [0.2, 0.25) is 0 Å². The Morgan fingerprint density at radius 3 is 2.90 bits per heavy atom. The summed E-state index contributed by atoms with van der Waals surface area (Å²) in [5, 5.41) is 0.612. The minimum atomic E-state index is -0.0605. The lowest BCUT2D eigenvalue weighted by Crippen LogP contribution is -2.21. The van der Waals surface area contributed by atoms with Gasteiger partial charge >= 0.3 is 0 Å². The minimum Gasteiger partial charge on any atom is -0.308 e. The molecule has 1 aromatic carbocycles. The van der Waals surface area contributed by atoms with E-state index in [1.807, 2.05) is 24.3 Å². The number of pyridine rings is 1. The first-order chi connectivity index (χ1) is 9.78. The SMILES string of the molecule is NNc1cc(Cn2cnc3ccccc3c2=O)ccn1. The van der Waals surface area contributed by atoms with Gasteiger partial charge in [0, 0.05) is 6.20 Å². The number of nitrogens with zero attached hydrogens (tertiary/aromatic N) is 3. The standard InChI is InChI=1S/C14H13N5O/c15-18-13-7-10(5-6-16-13)8-19-9-17-12-4-2-1-3-11(12)14(19)20/h1-7,9H,8,15H2,(H,16,18). The molecule has 100 valence electrons. The molecule has 0 saturated heterocycles. The van der Waals surface area contributed by atoms with Crippen molar-refractivity contribution in [1.29, 1.82) is 0 Å². The van der Waals surface area contributed by atoms with Crippen molar-refractivity contribution in [1.82, 2.24) is 14.5 Å². The van der Waals surface area contributed by atoms with E-state index in [-0.39, 0.29) is 5.56 Å². The highest BCUT2D eigenvalue weighted by atomic mass is 16.1. The molecule has 6 nitrogen and oxygen atoms in total. The van der Waals surface area contributed by atoms with Gasteiger partial charge in [0.25, 0.3) is 5.56 Å². The van der Waals surface area contributed by atoms with Crippen LogP contribution in [-0.4, -0.2) is 14.5 Å². The molecule has 0 atom stereocenters. The smallest absolute Gasteiger partial charge is 0.261 e. The Morgan fingerprint density at radius 2 is 2.05 bits per heavy atom. The van der Waals surface area contributed by atoms with Crippen LogP contribution in [0.25, 0.3) is 10.9 Å². The third kappa shape index (κ3) is 2.24. The number of nitrogen functional groups attached to an aromatic ring is 1. The predicted molar refractivity (Wildman–Crippen MR) is 77.2 cm³/mol. The molecule has 0 amide bonds. The third-order valence-corrected chi connectivity index (χ3v) is 3.06. The highest BCUT2D eigenvalue weighted by molar-refractivity contribution is 5.76. The Morgan fingerprint density at radius 1 is 1.20 bits per heavy atom. The maximum Gasteiger partial charge on any atom is 0.261 e. The summed E-state index contributed by atoms with van der Waals surface area (Å²) in [4.78, 5) is 20.7. The second kappa shape index (κ2) is 5.10. The number of hydrogen-bond donors (Lipinski definition) is 2. The molecular weight excluding hydrogens is 254 g/mol. The molecular formula is C14H13N5O. The molecule has 3 aromatic rings. The van der Waals surface area contributed by atoms with Crippen molar-refractivity contribution in [3.05, 3.63) is 64.8 Å². The fourth-order valence-electron chi connectivity index (χ4n) is 2.07. The van der Waals surface area contributed by atoms with Gasteiger partial charge in [-0.1, -0.05) is 12.1 Å². The number of rotatable bonds is 3. The molecule has 6 heteroatoms. The summed E-state index contributed by atoms with van der Waals surface area (Å²) >= 11 is 0. The first-order valence-electron chi connectivity index (χ1n) is 6.13. The summed E-state index contributed by atoms with van der Waals surface area (Å²) < 4.78 is 1.57. The van der Waals surface area contributed by atoms with Crippen LogP contribution in [0.3, 0.4) is 0 Å². The molecule has 0 bridgehead atoms. The fraction of sp³-hybridized carbons (Fsp3) is 0.0714. The molecule has 0 radical (unpaired) electrons. The maximum absolute atomic E-state index is 12.4. The van der Waals surface area contributed by atoms with Crippen molar-refractivity contribution in [3.8, 4) is 0 Å². The second-order valence-electron chi connectivity index (χ2n) is 4.39. The summed E-state index contributed by atoms with van der Waals surface area (Å²) in [6.45, 7) is 0.424. The Balaban J connectivity index is 2.02. The minimum absolute atomic E-state index is 0.0605. The molecule has 2 heterocycles. The van der Waals surface area contributed by atoms with E-state index >= 15 is 0 Å². The molecule has 0 spiro atoms. The molecule has 20 heavy (non-hydrogen) atoms. The van der Waals surface area contributed by atoms with Crippen LogP contribution < -0.4 is 16.8 Å². The van der Waals surface area contributed by atoms with E-state index in [1.165, 1.54) is 0 Å². The van der Waals surface area contributed by atoms with Crippen LogP contribution in [0.4, 0.5) is 5.82 Å². The van der Waals surface area contributed by atoms with Crippen molar-refractivity contribution < 1.29 is 0 Å². The Kier molecular flexibility index (Phi) is 3.14. The van der Waals surface area contributed by atoms with Crippen LogP contribution in [0.1, 0.15) is 5.56 Å². The molecule has 3 N–H and O–H groups in total. The summed E-state index contributed by atoms with van der Waals surface area (Å²) in [5.41, 5.74) is 4.05. The number of fused-ring (bicyclic) bond motifs is 1. The van der Waals surface area contributed by atoms with E-state index in [0.717, 1.165) is 5.56 Å². The van der Waals surface area contributed by atoms with Crippen LogP contribution >= 0.6 is 0 Å². The maximum atomic E-state index is 12.4. The van der Waals surface area contributed by atoms with Crippen LogP contribution in [0.15, 0.2) is 53.7 Å². The first-order valence-corrected chi connectivity index (χ1v) is 6.13. The zero-order valence-corrected chi connectivity index (χ0v) is 10.7.